The summed E-state index contributed by atoms with van der Waals surface area (Å²) in [7, 11) is 1.47. The number of rotatable bonds is 42. The Bertz CT molecular complexity index is 1960. The van der Waals surface area contributed by atoms with Crippen molar-refractivity contribution >= 4 is 47.5 Å². The molecule has 25 heteroatoms. The van der Waals surface area contributed by atoms with E-state index < -0.39 is 11.8 Å². The number of likely N-dealkylation sites (N-methyl/N-ethyl adjacent to an activating group) is 1. The molecule has 0 bridgehead atoms. The number of amides is 4. The molecule has 0 fully saturated rings. The molecule has 3 heterocycles. The monoisotopic (exact) mass is 1050 g/mol. The number of allylic oxidation sites excluding steroid dienone is 1. The molecule has 4 amide bonds. The molecule has 0 spiro atoms. The molecule has 0 aliphatic carbocycles. The molecule has 3 rings (SSSR count). The summed E-state index contributed by atoms with van der Waals surface area (Å²) in [6.45, 7) is 13.1. The van der Waals surface area contributed by atoms with Crippen LogP contribution in [-0.4, -0.2) is 233 Å². The number of fused-ring (bicyclic) bond motifs is 1. The third-order valence-electron chi connectivity index (χ3n) is 9.38. The van der Waals surface area contributed by atoms with Crippen molar-refractivity contribution in [1.29, 1.82) is 0 Å². The van der Waals surface area contributed by atoms with Crippen LogP contribution in [0, 0.1) is 0 Å². The summed E-state index contributed by atoms with van der Waals surface area (Å²) < 4.78 is 54.8. The van der Waals surface area contributed by atoms with Crippen LogP contribution in [0.1, 0.15) is 43.0 Å². The molecule has 0 atom stereocenters. The van der Waals surface area contributed by atoms with Crippen LogP contribution in [-0.2, 0) is 66.5 Å². The predicted octanol–water partition coefficient (Wildman–Crippen LogP) is 0.0647. The molecule has 414 valence electrons. The zero-order valence-electron chi connectivity index (χ0n) is 43.1. The van der Waals surface area contributed by atoms with Crippen molar-refractivity contribution in [2.24, 2.45) is 10.7 Å². The maximum Gasteiger partial charge on any atom is 0.289 e. The van der Waals surface area contributed by atoms with E-state index in [9.17, 15) is 24.0 Å². The number of nitrogens with one attached hydrogen (secondary N) is 3. The van der Waals surface area contributed by atoms with Crippen LogP contribution in [0.3, 0.4) is 0 Å². The van der Waals surface area contributed by atoms with E-state index in [1.807, 2.05) is 6.92 Å². The molecule has 25 nitrogen and oxygen atoms in total. The highest BCUT2D eigenvalue weighted by molar-refractivity contribution is 6.05. The van der Waals surface area contributed by atoms with Gasteiger partial charge in [-0.2, -0.15) is 0 Å². The lowest BCUT2D eigenvalue weighted by atomic mass is 10.1. The first-order valence-corrected chi connectivity index (χ1v) is 24.6. The van der Waals surface area contributed by atoms with Crippen LogP contribution in [0.5, 0.6) is 0 Å². The van der Waals surface area contributed by atoms with E-state index in [1.54, 1.807) is 25.3 Å². The number of hydrogen-bond donors (Lipinski definition) is 5. The van der Waals surface area contributed by atoms with Crippen molar-refractivity contribution in [2.75, 3.05) is 172 Å². The third-order valence-corrected chi connectivity index (χ3v) is 9.38. The first kappa shape index (κ1) is 64.4. The van der Waals surface area contributed by atoms with Crippen molar-refractivity contribution in [3.8, 4) is 11.1 Å². The van der Waals surface area contributed by atoms with Gasteiger partial charge in [0.2, 0.25) is 23.5 Å². The van der Waals surface area contributed by atoms with Crippen LogP contribution in [0.4, 0.5) is 5.69 Å². The smallest absolute Gasteiger partial charge is 0.289 e. The van der Waals surface area contributed by atoms with E-state index >= 15 is 0 Å². The molecule has 0 radical (unpaired) electrons. The molecule has 6 N–H and O–H groups in total. The number of amidine groups is 1. The zero-order chi connectivity index (χ0) is 53.7. The number of aldehydes is 1. The van der Waals surface area contributed by atoms with Gasteiger partial charge in [-0.15, -0.1) is 0 Å². The van der Waals surface area contributed by atoms with Gasteiger partial charge in [-0.3, -0.25) is 29.0 Å². The number of nitrogens with zero attached hydrogens (tertiary/aromatic N) is 5. The van der Waals surface area contributed by atoms with Crippen LogP contribution >= 0.6 is 0 Å². The van der Waals surface area contributed by atoms with Crippen molar-refractivity contribution < 1.29 is 76.4 Å². The summed E-state index contributed by atoms with van der Waals surface area (Å²) >= 11 is 0. The van der Waals surface area contributed by atoms with Crippen molar-refractivity contribution in [3.05, 3.63) is 53.9 Å². The number of carbonyl (C=O) groups excluding carboxylic acids is 5. The SMILES string of the molecule is CCCNC(=O)C1=Cc2ncc(-c3cnc(C(=O)NCCOCCOCCOCCOCCOCCOCCOCCOCCOCCOCCNC(=O)CN(C)C(=O)/C=C\C=O)nc3)cc2N=C(N)C1.CCO. The Morgan fingerprint density at radius 3 is 1.49 bits per heavy atom. The summed E-state index contributed by atoms with van der Waals surface area (Å²) in [5.74, 6) is -1.08. The second kappa shape index (κ2) is 43.7. The molecule has 2 aromatic rings. The Morgan fingerprint density at radius 2 is 1.04 bits per heavy atom. The summed E-state index contributed by atoms with van der Waals surface area (Å²) in [6.07, 6.45) is 10.1. The van der Waals surface area contributed by atoms with Gasteiger partial charge >= 0.3 is 0 Å². The molecule has 1 aliphatic heterocycles. The Labute approximate surface area is 433 Å². The van der Waals surface area contributed by atoms with Crippen LogP contribution in [0.2, 0.25) is 0 Å². The minimum atomic E-state index is -0.437. The summed E-state index contributed by atoms with van der Waals surface area (Å²) in [5.41, 5.74) is 8.95. The number of carbonyl (C=O) groups is 5. The highest BCUT2D eigenvalue weighted by atomic mass is 16.6. The molecule has 0 saturated carbocycles. The lowest BCUT2D eigenvalue weighted by molar-refractivity contribution is -0.131. The topological polar surface area (TPSA) is 314 Å². The van der Waals surface area contributed by atoms with Crippen LogP contribution in [0.25, 0.3) is 17.2 Å². The lowest BCUT2D eigenvalue weighted by Gasteiger charge is -2.14. The minimum Gasteiger partial charge on any atom is -0.397 e. The second-order valence-electron chi connectivity index (χ2n) is 15.4. The average Bonchev–Trinajstić information content (AvgIpc) is 3.57. The van der Waals surface area contributed by atoms with E-state index in [1.165, 1.54) is 24.3 Å². The second-order valence-corrected chi connectivity index (χ2v) is 15.4. The molecule has 74 heavy (non-hydrogen) atoms. The maximum absolute atomic E-state index is 12.6. The predicted molar refractivity (Wildman–Crippen MR) is 272 cm³/mol. The molecule has 1 aliphatic rings. The van der Waals surface area contributed by atoms with E-state index in [0.29, 0.717) is 179 Å². The van der Waals surface area contributed by atoms with Gasteiger partial charge in [-0.05, 0) is 31.6 Å². The van der Waals surface area contributed by atoms with E-state index in [-0.39, 0.29) is 50.4 Å². The Morgan fingerprint density at radius 1 is 0.622 bits per heavy atom. The number of aliphatic hydroxyl groups excluding tert-OH is 1. The Hall–Kier alpha value is -5.71. The summed E-state index contributed by atoms with van der Waals surface area (Å²) in [4.78, 5) is 77.4. The van der Waals surface area contributed by atoms with Crippen LogP contribution < -0.4 is 21.7 Å². The molecule has 0 unspecified atom stereocenters. The van der Waals surface area contributed by atoms with E-state index in [2.05, 4.69) is 35.9 Å². The average molecular weight is 1050 g/mol. The maximum atomic E-state index is 12.6. The number of aliphatic hydroxyl groups is 1. The van der Waals surface area contributed by atoms with Gasteiger partial charge in [0, 0.05) is 81.1 Å². The molecule has 0 aromatic carbocycles. The summed E-state index contributed by atoms with van der Waals surface area (Å²) in [5, 5.41) is 15.8. The molecule has 0 saturated heterocycles. The fourth-order valence-electron chi connectivity index (χ4n) is 5.78. The lowest BCUT2D eigenvalue weighted by Crippen LogP contribution is -2.38. The van der Waals surface area contributed by atoms with Crippen molar-refractivity contribution in [1.82, 2.24) is 35.8 Å². The number of hydrogen-bond acceptors (Lipinski definition) is 21. The number of aliphatic imine (C=N–C) groups is 1. The van der Waals surface area contributed by atoms with Gasteiger partial charge in [0.25, 0.3) is 5.91 Å². The Kier molecular flexibility index (Phi) is 38.0. The van der Waals surface area contributed by atoms with Gasteiger partial charge in [0.1, 0.15) is 12.1 Å². The number of nitrogens with two attached hydrogens (primary N) is 1. The van der Waals surface area contributed by atoms with Gasteiger partial charge in [0.05, 0.1) is 150 Å². The molecular weight excluding hydrogens is 971 g/mol. The number of aromatic nitrogens is 3. The highest BCUT2D eigenvalue weighted by Crippen LogP contribution is 2.29. The Balaban J connectivity index is 0.00000609. The standard InChI is InChI=1S/C47H71N9O15.C2H6O/c1-3-6-50-46(60)37-30-40-41(55-42(48)32-37)31-38(33-52-40)39-34-53-45(54-35-39)47(61)51-8-11-63-13-15-65-17-19-67-21-23-69-25-27-71-29-28-70-26-24-68-22-20-66-18-16-64-14-12-62-10-7-49-43(58)36-56(2)44(59)5-4-9-57;1-2-3/h4-5,9,30-31,33-35H,3,6-8,10-29,32,36H2,1-2H3,(H2,48,55)(H,49,58)(H,50,60)(H,51,61);3H,2H2,1H3/b5-4-;. The quantitative estimate of drug-likeness (QED) is 0.0334. The van der Waals surface area contributed by atoms with Gasteiger partial charge in [-0.25, -0.2) is 15.0 Å². The normalized spacial score (nSPS) is 11.9. The van der Waals surface area contributed by atoms with E-state index in [0.717, 1.165) is 18.6 Å². The van der Waals surface area contributed by atoms with Crippen molar-refractivity contribution in [3.63, 3.8) is 0 Å². The van der Waals surface area contributed by atoms with Crippen LogP contribution in [0.15, 0.2) is 47.4 Å². The highest BCUT2D eigenvalue weighted by Gasteiger charge is 2.18. The zero-order valence-corrected chi connectivity index (χ0v) is 43.1. The fraction of sp³-hybridized carbons (Fsp3) is 0.612. The van der Waals surface area contributed by atoms with Gasteiger partial charge in [0.15, 0.2) is 0 Å². The minimum absolute atomic E-state index is 0.0134. The largest absolute Gasteiger partial charge is 0.397 e. The molecule has 2 aromatic heterocycles. The van der Waals surface area contributed by atoms with Gasteiger partial charge < -0.3 is 79.1 Å². The van der Waals surface area contributed by atoms with E-state index in [4.69, 9.17) is 58.2 Å². The number of pyridine rings is 1. The fourth-order valence-corrected chi connectivity index (χ4v) is 5.78. The third kappa shape index (κ3) is 31.8. The summed E-state index contributed by atoms with van der Waals surface area (Å²) in [6, 6.07) is 1.79. The first-order chi connectivity index (χ1) is 36.1. The first-order valence-electron chi connectivity index (χ1n) is 24.6. The van der Waals surface area contributed by atoms with Gasteiger partial charge in [-0.1, -0.05) is 6.92 Å². The molecular formula is C49H77N9O16. The van der Waals surface area contributed by atoms with Crippen molar-refractivity contribution in [2.45, 2.75) is 26.7 Å². The number of ether oxygens (including phenoxy) is 10.